The molecule has 1 unspecified atom stereocenters. The third-order valence-electron chi connectivity index (χ3n) is 2.39. The Morgan fingerprint density at radius 3 is 3.13 bits per heavy atom. The Bertz CT molecular complexity index is 354. The summed E-state index contributed by atoms with van der Waals surface area (Å²) >= 11 is 5.44. The molecule has 1 aliphatic heterocycles. The number of fused-ring (bicyclic) bond motifs is 1. The molecule has 1 atom stereocenters. The Morgan fingerprint density at radius 2 is 2.40 bits per heavy atom. The number of thioether (sulfide) groups is 1. The van der Waals surface area contributed by atoms with Crippen LogP contribution in [0.25, 0.3) is 0 Å². The first-order chi connectivity index (χ1) is 7.16. The largest absolute Gasteiger partial charge is 0.368 e. The van der Waals surface area contributed by atoms with E-state index in [-0.39, 0.29) is 6.04 Å². The van der Waals surface area contributed by atoms with Crippen LogP contribution in [0.5, 0.6) is 0 Å². The van der Waals surface area contributed by atoms with Gasteiger partial charge in [-0.05, 0) is 25.1 Å². The summed E-state index contributed by atoms with van der Waals surface area (Å²) < 4.78 is 1.14. The molecule has 0 saturated carbocycles. The second-order valence-corrected chi connectivity index (χ2v) is 5.94. The van der Waals surface area contributed by atoms with E-state index in [1.54, 1.807) is 0 Å². The SMILES string of the molecule is CC(N)CN1CCSc2ccc(Br)cc21. The zero-order valence-corrected chi connectivity index (χ0v) is 11.1. The quantitative estimate of drug-likeness (QED) is 0.907. The van der Waals surface area contributed by atoms with Crippen LogP contribution in [0, 0.1) is 0 Å². The van der Waals surface area contributed by atoms with E-state index in [2.05, 4.69) is 46.0 Å². The maximum Gasteiger partial charge on any atom is 0.0516 e. The van der Waals surface area contributed by atoms with Crippen LogP contribution in [-0.4, -0.2) is 24.9 Å². The summed E-state index contributed by atoms with van der Waals surface area (Å²) in [6, 6.07) is 6.68. The molecule has 0 aliphatic carbocycles. The first-order valence-corrected chi connectivity index (χ1v) is 6.87. The van der Waals surface area contributed by atoms with Gasteiger partial charge in [0.2, 0.25) is 0 Å². The molecule has 82 valence electrons. The zero-order chi connectivity index (χ0) is 10.8. The first-order valence-electron chi connectivity index (χ1n) is 5.09. The van der Waals surface area contributed by atoms with Gasteiger partial charge in [-0.15, -0.1) is 11.8 Å². The Kier molecular flexibility index (Phi) is 3.59. The molecule has 2 nitrogen and oxygen atoms in total. The van der Waals surface area contributed by atoms with Gasteiger partial charge in [0, 0.05) is 34.3 Å². The summed E-state index contributed by atoms with van der Waals surface area (Å²) in [5, 5.41) is 0. The maximum absolute atomic E-state index is 5.86. The average molecular weight is 287 g/mol. The van der Waals surface area contributed by atoms with Gasteiger partial charge in [0.25, 0.3) is 0 Å². The summed E-state index contributed by atoms with van der Waals surface area (Å²) in [4.78, 5) is 3.74. The standard InChI is InChI=1S/C11H15BrN2S/c1-8(13)7-14-4-5-15-11-3-2-9(12)6-10(11)14/h2-3,6,8H,4-5,7,13H2,1H3. The molecule has 0 radical (unpaired) electrons. The summed E-state index contributed by atoms with van der Waals surface area (Å²) in [5.41, 5.74) is 7.18. The number of benzene rings is 1. The number of rotatable bonds is 2. The van der Waals surface area contributed by atoms with E-state index in [4.69, 9.17) is 5.73 Å². The van der Waals surface area contributed by atoms with Crippen LogP contribution >= 0.6 is 27.7 Å². The van der Waals surface area contributed by atoms with E-state index in [9.17, 15) is 0 Å². The molecule has 2 N–H and O–H groups in total. The normalized spacial score (nSPS) is 17.4. The molecule has 1 aromatic rings. The fourth-order valence-corrected chi connectivity index (χ4v) is 3.16. The Morgan fingerprint density at radius 1 is 1.60 bits per heavy atom. The lowest BCUT2D eigenvalue weighted by Crippen LogP contribution is -2.38. The van der Waals surface area contributed by atoms with Gasteiger partial charge in [-0.3, -0.25) is 0 Å². The summed E-state index contributed by atoms with van der Waals surface area (Å²) in [6.45, 7) is 4.08. The molecule has 1 aliphatic rings. The predicted molar refractivity (Wildman–Crippen MR) is 70.7 cm³/mol. The van der Waals surface area contributed by atoms with Gasteiger partial charge >= 0.3 is 0 Å². The van der Waals surface area contributed by atoms with Crippen LogP contribution in [0.3, 0.4) is 0 Å². The Hall–Kier alpha value is -0.190. The second kappa shape index (κ2) is 4.76. The highest BCUT2D eigenvalue weighted by Gasteiger charge is 2.18. The zero-order valence-electron chi connectivity index (χ0n) is 8.74. The van der Waals surface area contributed by atoms with Crippen molar-refractivity contribution in [1.82, 2.24) is 0 Å². The van der Waals surface area contributed by atoms with E-state index in [1.807, 2.05) is 11.8 Å². The van der Waals surface area contributed by atoms with Gasteiger partial charge in [0.1, 0.15) is 0 Å². The Labute approximate surface area is 103 Å². The Balaban J connectivity index is 2.28. The van der Waals surface area contributed by atoms with Crippen molar-refractivity contribution in [1.29, 1.82) is 0 Å². The van der Waals surface area contributed by atoms with E-state index >= 15 is 0 Å². The lowest BCUT2D eigenvalue weighted by molar-refractivity contribution is 0.684. The third kappa shape index (κ3) is 2.68. The molecular weight excluding hydrogens is 272 g/mol. The molecule has 0 saturated heterocycles. The fourth-order valence-electron chi connectivity index (χ4n) is 1.78. The predicted octanol–water partition coefficient (Wildman–Crippen LogP) is 2.71. The van der Waals surface area contributed by atoms with Crippen LogP contribution in [0.15, 0.2) is 27.6 Å². The van der Waals surface area contributed by atoms with Crippen molar-refractivity contribution in [3.05, 3.63) is 22.7 Å². The van der Waals surface area contributed by atoms with Crippen molar-refractivity contribution in [2.75, 3.05) is 23.7 Å². The maximum atomic E-state index is 5.86. The molecule has 0 spiro atoms. The molecule has 2 rings (SSSR count). The average Bonchev–Trinajstić information content (AvgIpc) is 2.18. The van der Waals surface area contributed by atoms with E-state index in [0.717, 1.165) is 23.3 Å². The first kappa shape index (κ1) is 11.3. The van der Waals surface area contributed by atoms with Gasteiger partial charge in [-0.25, -0.2) is 0 Å². The van der Waals surface area contributed by atoms with Crippen molar-refractivity contribution in [2.24, 2.45) is 5.73 Å². The highest BCUT2D eigenvalue weighted by Crippen LogP contribution is 2.36. The van der Waals surface area contributed by atoms with Crippen LogP contribution in [0.2, 0.25) is 0 Å². The monoisotopic (exact) mass is 286 g/mol. The lowest BCUT2D eigenvalue weighted by atomic mass is 10.2. The van der Waals surface area contributed by atoms with E-state index in [1.165, 1.54) is 10.6 Å². The number of hydrogen-bond acceptors (Lipinski definition) is 3. The van der Waals surface area contributed by atoms with Crippen LogP contribution in [0.4, 0.5) is 5.69 Å². The fraction of sp³-hybridized carbons (Fsp3) is 0.455. The van der Waals surface area contributed by atoms with Gasteiger partial charge in [-0.1, -0.05) is 15.9 Å². The highest BCUT2D eigenvalue weighted by atomic mass is 79.9. The lowest BCUT2D eigenvalue weighted by Gasteiger charge is -2.32. The molecule has 0 fully saturated rings. The summed E-state index contributed by atoms with van der Waals surface area (Å²) in [6.07, 6.45) is 0. The second-order valence-electron chi connectivity index (χ2n) is 3.88. The minimum absolute atomic E-state index is 0.222. The van der Waals surface area contributed by atoms with Crippen LogP contribution in [0.1, 0.15) is 6.92 Å². The van der Waals surface area contributed by atoms with E-state index < -0.39 is 0 Å². The third-order valence-corrected chi connectivity index (χ3v) is 3.92. The molecule has 0 aromatic heterocycles. The van der Waals surface area contributed by atoms with Crippen molar-refractivity contribution >= 4 is 33.4 Å². The van der Waals surface area contributed by atoms with Gasteiger partial charge in [0.05, 0.1) is 5.69 Å². The molecular formula is C11H15BrN2S. The number of hydrogen-bond donors (Lipinski definition) is 1. The summed E-state index contributed by atoms with van der Waals surface area (Å²) in [5.74, 6) is 1.15. The number of nitrogens with zero attached hydrogens (tertiary/aromatic N) is 1. The molecule has 1 aromatic carbocycles. The molecule has 1 heterocycles. The minimum Gasteiger partial charge on any atom is -0.368 e. The van der Waals surface area contributed by atoms with Gasteiger partial charge in [-0.2, -0.15) is 0 Å². The number of nitrogens with two attached hydrogens (primary N) is 1. The van der Waals surface area contributed by atoms with E-state index in [0.29, 0.717) is 0 Å². The molecule has 0 bridgehead atoms. The number of anilines is 1. The molecule has 4 heteroatoms. The van der Waals surface area contributed by atoms with Crippen molar-refractivity contribution in [3.8, 4) is 0 Å². The van der Waals surface area contributed by atoms with Crippen LogP contribution < -0.4 is 10.6 Å². The molecule has 0 amide bonds. The van der Waals surface area contributed by atoms with Crippen molar-refractivity contribution in [3.63, 3.8) is 0 Å². The smallest absolute Gasteiger partial charge is 0.0516 e. The summed E-state index contributed by atoms with van der Waals surface area (Å²) in [7, 11) is 0. The van der Waals surface area contributed by atoms with Crippen molar-refractivity contribution < 1.29 is 0 Å². The topological polar surface area (TPSA) is 29.3 Å². The number of halogens is 1. The highest BCUT2D eigenvalue weighted by molar-refractivity contribution is 9.10. The molecule has 15 heavy (non-hydrogen) atoms. The van der Waals surface area contributed by atoms with Gasteiger partial charge < -0.3 is 10.6 Å². The van der Waals surface area contributed by atoms with Gasteiger partial charge in [0.15, 0.2) is 0 Å². The minimum atomic E-state index is 0.222. The van der Waals surface area contributed by atoms with Crippen molar-refractivity contribution in [2.45, 2.75) is 17.9 Å². The van der Waals surface area contributed by atoms with Crippen LogP contribution in [-0.2, 0) is 0 Å².